The summed E-state index contributed by atoms with van der Waals surface area (Å²) in [7, 11) is 0. The molecule has 2 aliphatic heterocycles. The molecule has 0 saturated carbocycles. The van der Waals surface area contributed by atoms with Gasteiger partial charge >= 0.3 is 6.18 Å². The molecule has 0 aliphatic carbocycles. The lowest BCUT2D eigenvalue weighted by Crippen LogP contribution is -2.56. The van der Waals surface area contributed by atoms with E-state index in [0.717, 1.165) is 25.6 Å². The van der Waals surface area contributed by atoms with Gasteiger partial charge in [0.25, 0.3) is 0 Å². The number of nitrogens with zero attached hydrogens (tertiary/aromatic N) is 3. The molecule has 2 N–H and O–H groups in total. The molecule has 3 rings (SSSR count). The van der Waals surface area contributed by atoms with Crippen molar-refractivity contribution in [2.75, 3.05) is 50.7 Å². The number of amides is 1. The maximum absolute atomic E-state index is 12.9. The van der Waals surface area contributed by atoms with Crippen LogP contribution >= 0.6 is 24.8 Å². The van der Waals surface area contributed by atoms with Gasteiger partial charge in [0.05, 0.1) is 12.1 Å². The Kier molecular flexibility index (Phi) is 9.29. The number of piperazine rings is 1. The van der Waals surface area contributed by atoms with Crippen LogP contribution in [0.15, 0.2) is 24.3 Å². The molecule has 1 unspecified atom stereocenters. The number of alkyl halides is 3. The van der Waals surface area contributed by atoms with Gasteiger partial charge in [-0.1, -0.05) is 19.9 Å². The van der Waals surface area contributed by atoms with Crippen molar-refractivity contribution in [3.05, 3.63) is 29.8 Å². The van der Waals surface area contributed by atoms with Gasteiger partial charge in [-0.05, 0) is 30.0 Å². The second-order valence-electron chi connectivity index (χ2n) is 8.51. The average molecular weight is 471 g/mol. The minimum atomic E-state index is -4.35. The second kappa shape index (κ2) is 10.4. The Hall–Kier alpha value is -1.22. The zero-order valence-electron chi connectivity index (χ0n) is 17.3. The van der Waals surface area contributed by atoms with Gasteiger partial charge in [0, 0.05) is 51.0 Å². The van der Waals surface area contributed by atoms with Gasteiger partial charge in [-0.25, -0.2) is 0 Å². The van der Waals surface area contributed by atoms with Crippen molar-refractivity contribution < 1.29 is 18.0 Å². The molecule has 2 fully saturated rings. The molecule has 5 nitrogen and oxygen atoms in total. The lowest BCUT2D eigenvalue weighted by atomic mass is 9.80. The van der Waals surface area contributed by atoms with Crippen LogP contribution in [0.4, 0.5) is 18.9 Å². The zero-order chi connectivity index (χ0) is 20.5. The number of likely N-dealkylation sites (tertiary alicyclic amines) is 1. The van der Waals surface area contributed by atoms with Gasteiger partial charge < -0.3 is 15.5 Å². The molecule has 2 heterocycles. The first-order chi connectivity index (χ1) is 13.1. The summed E-state index contributed by atoms with van der Waals surface area (Å²) in [5, 5.41) is 0. The van der Waals surface area contributed by atoms with Crippen molar-refractivity contribution in [1.29, 1.82) is 0 Å². The van der Waals surface area contributed by atoms with E-state index < -0.39 is 11.7 Å². The van der Waals surface area contributed by atoms with E-state index >= 15 is 0 Å². The SMILES string of the molecule is CC1(C)CN(CC(=O)N2CCN(c3cccc(C(F)(F)F)c3)CC2)CCC1N.Cl.Cl. The van der Waals surface area contributed by atoms with Crippen molar-refractivity contribution in [2.45, 2.75) is 32.5 Å². The van der Waals surface area contributed by atoms with Crippen molar-refractivity contribution in [1.82, 2.24) is 9.80 Å². The minimum Gasteiger partial charge on any atom is -0.368 e. The van der Waals surface area contributed by atoms with Crippen molar-refractivity contribution in [2.24, 2.45) is 11.1 Å². The topological polar surface area (TPSA) is 52.8 Å². The Balaban J connectivity index is 0.00000225. The van der Waals surface area contributed by atoms with Crippen molar-refractivity contribution in [3.8, 4) is 0 Å². The van der Waals surface area contributed by atoms with Crippen molar-refractivity contribution >= 4 is 36.4 Å². The number of halogens is 5. The highest BCUT2D eigenvalue weighted by atomic mass is 35.5. The van der Waals surface area contributed by atoms with Crippen LogP contribution in [0, 0.1) is 5.41 Å². The summed E-state index contributed by atoms with van der Waals surface area (Å²) in [4.78, 5) is 18.5. The number of anilines is 1. The summed E-state index contributed by atoms with van der Waals surface area (Å²) >= 11 is 0. The Morgan fingerprint density at radius 1 is 1.13 bits per heavy atom. The largest absolute Gasteiger partial charge is 0.416 e. The summed E-state index contributed by atoms with van der Waals surface area (Å²) in [6.07, 6.45) is -3.47. The van der Waals surface area contributed by atoms with Gasteiger partial charge in [-0.2, -0.15) is 13.2 Å². The van der Waals surface area contributed by atoms with Crippen LogP contribution in [0.1, 0.15) is 25.8 Å². The quantitative estimate of drug-likeness (QED) is 0.736. The number of hydrogen-bond donors (Lipinski definition) is 1. The summed E-state index contributed by atoms with van der Waals surface area (Å²) < 4.78 is 38.8. The molecule has 30 heavy (non-hydrogen) atoms. The predicted molar refractivity (Wildman–Crippen MR) is 118 cm³/mol. The van der Waals surface area contributed by atoms with Gasteiger partial charge in [0.1, 0.15) is 0 Å². The Labute approximate surface area is 188 Å². The summed E-state index contributed by atoms with van der Waals surface area (Å²) in [5.74, 6) is 0.0787. The molecule has 0 aromatic heterocycles. The maximum atomic E-state index is 12.9. The fourth-order valence-electron chi connectivity index (χ4n) is 4.00. The third-order valence-corrected chi connectivity index (χ3v) is 5.92. The molecule has 1 atom stereocenters. The zero-order valence-corrected chi connectivity index (χ0v) is 19.0. The molecule has 1 aromatic carbocycles. The smallest absolute Gasteiger partial charge is 0.368 e. The van der Waals surface area contributed by atoms with Crippen LogP contribution in [0.25, 0.3) is 0 Å². The molecule has 2 saturated heterocycles. The molecule has 0 radical (unpaired) electrons. The van der Waals surface area contributed by atoms with Crippen LogP contribution in [-0.2, 0) is 11.0 Å². The van der Waals surface area contributed by atoms with Crippen LogP contribution in [0.3, 0.4) is 0 Å². The molecule has 1 amide bonds. The van der Waals surface area contributed by atoms with E-state index in [1.54, 1.807) is 6.07 Å². The lowest BCUT2D eigenvalue weighted by Gasteiger charge is -2.43. The Morgan fingerprint density at radius 2 is 1.77 bits per heavy atom. The first kappa shape index (κ1) is 26.8. The van der Waals surface area contributed by atoms with Crippen LogP contribution < -0.4 is 10.6 Å². The molecule has 0 spiro atoms. The van der Waals surface area contributed by atoms with Crippen LogP contribution in [0.5, 0.6) is 0 Å². The summed E-state index contributed by atoms with van der Waals surface area (Å²) in [6.45, 7) is 8.35. The summed E-state index contributed by atoms with van der Waals surface area (Å²) in [5.41, 5.74) is 6.05. The van der Waals surface area contributed by atoms with E-state index in [1.165, 1.54) is 12.1 Å². The third kappa shape index (κ3) is 6.39. The number of nitrogens with two attached hydrogens (primary N) is 1. The highest BCUT2D eigenvalue weighted by Crippen LogP contribution is 2.32. The van der Waals surface area contributed by atoms with E-state index in [0.29, 0.717) is 38.4 Å². The maximum Gasteiger partial charge on any atom is 0.416 e. The van der Waals surface area contributed by atoms with Crippen LogP contribution in [0.2, 0.25) is 0 Å². The molecular weight excluding hydrogens is 440 g/mol. The van der Waals surface area contributed by atoms with Gasteiger partial charge in [-0.15, -0.1) is 24.8 Å². The predicted octanol–water partition coefficient (Wildman–Crippen LogP) is 3.26. The monoisotopic (exact) mass is 470 g/mol. The third-order valence-electron chi connectivity index (χ3n) is 5.92. The first-order valence-electron chi connectivity index (χ1n) is 9.74. The van der Waals surface area contributed by atoms with Gasteiger partial charge in [0.2, 0.25) is 5.91 Å². The van der Waals surface area contributed by atoms with Gasteiger partial charge in [-0.3, -0.25) is 9.69 Å². The Bertz CT molecular complexity index is 710. The first-order valence-corrected chi connectivity index (χ1v) is 9.74. The van der Waals surface area contributed by atoms with Crippen LogP contribution in [-0.4, -0.2) is 67.6 Å². The lowest BCUT2D eigenvalue weighted by molar-refractivity contribution is -0.137. The van der Waals surface area contributed by atoms with E-state index in [9.17, 15) is 18.0 Å². The molecule has 1 aromatic rings. The number of rotatable bonds is 3. The molecular formula is C20H31Cl2F3N4O. The van der Waals surface area contributed by atoms with E-state index in [4.69, 9.17) is 5.73 Å². The molecule has 2 aliphatic rings. The minimum absolute atomic E-state index is 0. The number of carbonyl (C=O) groups is 1. The van der Waals surface area contributed by atoms with Gasteiger partial charge in [0.15, 0.2) is 0 Å². The summed E-state index contributed by atoms with van der Waals surface area (Å²) in [6, 6.07) is 5.52. The van der Waals surface area contributed by atoms with E-state index in [1.807, 2.05) is 9.80 Å². The fraction of sp³-hybridized carbons (Fsp3) is 0.650. The second-order valence-corrected chi connectivity index (χ2v) is 8.51. The normalized spacial score (nSPS) is 22.1. The number of benzene rings is 1. The standard InChI is InChI=1S/C20H29F3N4O.2ClH/c1-19(2)14-25(7-6-17(19)24)13-18(28)27-10-8-26(9-11-27)16-5-3-4-15(12-16)20(21,22)23;;/h3-5,12,17H,6-11,13-14,24H2,1-2H3;2*1H. The average Bonchev–Trinajstić information content (AvgIpc) is 2.64. The molecule has 10 heteroatoms. The highest BCUT2D eigenvalue weighted by molar-refractivity contribution is 5.85. The molecule has 172 valence electrons. The van der Waals surface area contributed by atoms with E-state index in [-0.39, 0.29) is 42.2 Å². The highest BCUT2D eigenvalue weighted by Gasteiger charge is 2.35. The number of carbonyl (C=O) groups excluding carboxylic acids is 1. The van der Waals surface area contributed by atoms with Crippen molar-refractivity contribution in [3.63, 3.8) is 0 Å². The molecule has 0 bridgehead atoms. The van der Waals surface area contributed by atoms with E-state index in [2.05, 4.69) is 18.7 Å². The fourth-order valence-corrected chi connectivity index (χ4v) is 4.00. The Morgan fingerprint density at radius 3 is 2.33 bits per heavy atom. The number of hydrogen-bond acceptors (Lipinski definition) is 4. The number of piperidine rings is 1.